The number of rotatable bonds is 3. The van der Waals surface area contributed by atoms with Gasteiger partial charge in [-0.25, -0.2) is 0 Å². The molecular formula is C20H33NO4Si. The maximum atomic E-state index is 11.1. The van der Waals surface area contributed by atoms with Gasteiger partial charge in [0.15, 0.2) is 14.6 Å². The van der Waals surface area contributed by atoms with E-state index in [0.29, 0.717) is 13.2 Å². The minimum Gasteiger partial charge on any atom is -0.408 e. The Labute approximate surface area is 158 Å². The molecular weight excluding hydrogens is 346 g/mol. The summed E-state index contributed by atoms with van der Waals surface area (Å²) in [6.45, 7) is 13.9. The number of aliphatic hydroxyl groups is 1. The molecule has 2 fully saturated rings. The van der Waals surface area contributed by atoms with E-state index in [1.165, 1.54) is 0 Å². The van der Waals surface area contributed by atoms with E-state index in [-0.39, 0.29) is 23.3 Å². The second-order valence-corrected chi connectivity index (χ2v) is 14.1. The third-order valence-corrected chi connectivity index (χ3v) is 10.5. The Balaban J connectivity index is 1.85. The number of β-amino-alcohol motifs (C(OH)–C–C–N with tert-alkyl or cyclic N) is 1. The van der Waals surface area contributed by atoms with E-state index >= 15 is 0 Å². The fourth-order valence-corrected chi connectivity index (χ4v) is 4.66. The van der Waals surface area contributed by atoms with E-state index in [4.69, 9.17) is 13.9 Å². The smallest absolute Gasteiger partial charge is 0.192 e. The van der Waals surface area contributed by atoms with Crippen LogP contribution in [0.25, 0.3) is 0 Å². The van der Waals surface area contributed by atoms with Crippen molar-refractivity contribution in [3.8, 4) is 0 Å². The Morgan fingerprint density at radius 3 is 2.50 bits per heavy atom. The van der Waals surface area contributed by atoms with Crippen LogP contribution in [-0.4, -0.2) is 50.4 Å². The topological polar surface area (TPSA) is 60.0 Å². The van der Waals surface area contributed by atoms with Crippen molar-refractivity contribution in [3.05, 3.63) is 35.9 Å². The monoisotopic (exact) mass is 379 g/mol. The molecule has 5 atom stereocenters. The van der Waals surface area contributed by atoms with Gasteiger partial charge >= 0.3 is 0 Å². The van der Waals surface area contributed by atoms with Crippen LogP contribution in [0.2, 0.25) is 18.1 Å². The molecule has 2 heterocycles. The SMILES string of the molecule is CC(C)(C)[Si](C)(C)O[C@H]1[C@@H]2O[C@H](c3ccccc3)OC[C@H]2NC[C@]1(C)O. The molecule has 0 aliphatic carbocycles. The van der Waals surface area contributed by atoms with Crippen molar-refractivity contribution in [3.63, 3.8) is 0 Å². The molecule has 0 amide bonds. The summed E-state index contributed by atoms with van der Waals surface area (Å²) in [5.74, 6) is 0. The van der Waals surface area contributed by atoms with Crippen LogP contribution in [0.3, 0.4) is 0 Å². The van der Waals surface area contributed by atoms with Crippen LogP contribution in [0.15, 0.2) is 30.3 Å². The lowest BCUT2D eigenvalue weighted by molar-refractivity contribution is -0.276. The van der Waals surface area contributed by atoms with Gasteiger partial charge < -0.3 is 24.3 Å². The van der Waals surface area contributed by atoms with Gasteiger partial charge in [0.2, 0.25) is 0 Å². The molecule has 2 aliphatic heterocycles. The first-order chi connectivity index (χ1) is 12.0. The van der Waals surface area contributed by atoms with Crippen LogP contribution in [0, 0.1) is 0 Å². The lowest BCUT2D eigenvalue weighted by atomic mass is 9.86. The Morgan fingerprint density at radius 2 is 1.88 bits per heavy atom. The van der Waals surface area contributed by atoms with Gasteiger partial charge in [-0.2, -0.15) is 0 Å². The molecule has 0 spiro atoms. The van der Waals surface area contributed by atoms with Gasteiger partial charge in [-0.3, -0.25) is 0 Å². The minimum absolute atomic E-state index is 0.0185. The van der Waals surface area contributed by atoms with Gasteiger partial charge in [-0.1, -0.05) is 51.1 Å². The first kappa shape index (κ1) is 20.0. The summed E-state index contributed by atoms with van der Waals surface area (Å²) in [5, 5.41) is 14.5. The van der Waals surface area contributed by atoms with E-state index in [9.17, 15) is 5.11 Å². The summed E-state index contributed by atoms with van der Waals surface area (Å²) in [6.07, 6.45) is -1.07. The first-order valence-electron chi connectivity index (χ1n) is 9.47. The molecule has 5 nitrogen and oxygen atoms in total. The third-order valence-electron chi connectivity index (χ3n) is 6.04. The average Bonchev–Trinajstić information content (AvgIpc) is 2.57. The number of benzene rings is 1. The zero-order valence-corrected chi connectivity index (χ0v) is 17.8. The van der Waals surface area contributed by atoms with E-state index < -0.39 is 20.2 Å². The predicted molar refractivity (Wildman–Crippen MR) is 104 cm³/mol. The van der Waals surface area contributed by atoms with Crippen molar-refractivity contribution >= 4 is 8.32 Å². The van der Waals surface area contributed by atoms with E-state index in [1.54, 1.807) is 0 Å². The summed E-state index contributed by atoms with van der Waals surface area (Å²) >= 11 is 0. The van der Waals surface area contributed by atoms with Gasteiger partial charge in [-0.15, -0.1) is 0 Å². The Kier molecular flexibility index (Phi) is 5.38. The van der Waals surface area contributed by atoms with Crippen molar-refractivity contribution in [1.82, 2.24) is 5.32 Å². The van der Waals surface area contributed by atoms with Gasteiger partial charge in [-0.05, 0) is 25.1 Å². The molecule has 0 aromatic heterocycles. The van der Waals surface area contributed by atoms with Crippen LogP contribution < -0.4 is 5.32 Å². The standard InChI is InChI=1S/C20H33NO4Si/c1-19(2,3)26(5,6)25-17-16-15(21-13-20(17,4)22)12-23-18(24-16)14-10-8-7-9-11-14/h7-11,15-18,21-22H,12-13H2,1-6H3/t15-,16-,17+,18-,20+/m1/s1. The summed E-state index contributed by atoms with van der Waals surface area (Å²) in [4.78, 5) is 0. The molecule has 1 aromatic rings. The molecule has 0 bridgehead atoms. The fraction of sp³-hybridized carbons (Fsp3) is 0.700. The Hall–Kier alpha value is -0.763. The van der Waals surface area contributed by atoms with Gasteiger partial charge in [0, 0.05) is 12.1 Å². The number of fused-ring (bicyclic) bond motifs is 1. The van der Waals surface area contributed by atoms with E-state index in [1.807, 2.05) is 37.3 Å². The third kappa shape index (κ3) is 3.91. The highest BCUT2D eigenvalue weighted by molar-refractivity contribution is 6.74. The maximum Gasteiger partial charge on any atom is 0.192 e. The van der Waals surface area contributed by atoms with Crippen LogP contribution in [-0.2, 0) is 13.9 Å². The fourth-order valence-electron chi connectivity index (χ4n) is 3.29. The molecule has 0 unspecified atom stereocenters. The van der Waals surface area contributed by atoms with Crippen LogP contribution in [0.5, 0.6) is 0 Å². The lowest BCUT2D eigenvalue weighted by Crippen LogP contribution is -2.71. The quantitative estimate of drug-likeness (QED) is 0.790. The largest absolute Gasteiger partial charge is 0.408 e. The van der Waals surface area contributed by atoms with Crippen LogP contribution in [0.1, 0.15) is 39.5 Å². The van der Waals surface area contributed by atoms with Crippen molar-refractivity contribution in [1.29, 1.82) is 0 Å². The van der Waals surface area contributed by atoms with Crippen LogP contribution in [0.4, 0.5) is 0 Å². The number of hydrogen-bond acceptors (Lipinski definition) is 5. The zero-order valence-electron chi connectivity index (χ0n) is 16.8. The lowest BCUT2D eigenvalue weighted by Gasteiger charge is -2.53. The van der Waals surface area contributed by atoms with Crippen molar-refractivity contribution in [2.24, 2.45) is 0 Å². The highest BCUT2D eigenvalue weighted by Crippen LogP contribution is 2.42. The maximum absolute atomic E-state index is 11.1. The summed E-state index contributed by atoms with van der Waals surface area (Å²) < 4.78 is 19.0. The van der Waals surface area contributed by atoms with Gasteiger partial charge in [0.1, 0.15) is 17.8 Å². The zero-order chi connectivity index (χ0) is 19.2. The molecule has 0 radical (unpaired) electrons. The Morgan fingerprint density at radius 1 is 1.23 bits per heavy atom. The van der Waals surface area contributed by atoms with Crippen molar-refractivity contribution < 1.29 is 19.0 Å². The molecule has 146 valence electrons. The number of ether oxygens (including phenoxy) is 2. The highest BCUT2D eigenvalue weighted by atomic mass is 28.4. The van der Waals surface area contributed by atoms with Gasteiger partial charge in [0.25, 0.3) is 0 Å². The molecule has 6 heteroatoms. The summed E-state index contributed by atoms with van der Waals surface area (Å²) in [7, 11) is -2.07. The molecule has 2 saturated heterocycles. The van der Waals surface area contributed by atoms with E-state index in [0.717, 1.165) is 5.56 Å². The summed E-state index contributed by atoms with van der Waals surface area (Å²) in [6, 6.07) is 9.96. The highest BCUT2D eigenvalue weighted by Gasteiger charge is 2.53. The average molecular weight is 380 g/mol. The number of piperidine rings is 1. The van der Waals surface area contributed by atoms with Crippen molar-refractivity contribution in [2.45, 2.75) is 76.0 Å². The van der Waals surface area contributed by atoms with Crippen molar-refractivity contribution in [2.75, 3.05) is 13.2 Å². The van der Waals surface area contributed by atoms with Gasteiger partial charge in [0.05, 0.1) is 12.6 Å². The molecule has 2 aliphatic rings. The second kappa shape index (κ2) is 7.00. The predicted octanol–water partition coefficient (Wildman–Crippen LogP) is 3.21. The molecule has 2 N–H and O–H groups in total. The Bertz CT molecular complexity index is 614. The minimum atomic E-state index is -2.07. The summed E-state index contributed by atoms with van der Waals surface area (Å²) in [5.41, 5.74) is -0.00262. The van der Waals surface area contributed by atoms with Crippen LogP contribution >= 0.6 is 0 Å². The molecule has 0 saturated carbocycles. The number of nitrogens with one attached hydrogen (secondary N) is 1. The second-order valence-electron chi connectivity index (χ2n) is 9.32. The molecule has 3 rings (SSSR count). The number of hydrogen-bond donors (Lipinski definition) is 2. The molecule has 26 heavy (non-hydrogen) atoms. The first-order valence-corrected chi connectivity index (χ1v) is 12.4. The van der Waals surface area contributed by atoms with E-state index in [2.05, 4.69) is 39.2 Å². The molecule has 1 aromatic carbocycles. The normalized spacial score (nSPS) is 35.8.